The van der Waals surface area contributed by atoms with E-state index in [2.05, 4.69) is 6.92 Å². The fraction of sp³-hybridized carbons (Fsp3) is 1.00. The molecule has 0 aromatic carbocycles. The lowest BCUT2D eigenvalue weighted by Crippen LogP contribution is -2.35. The molecule has 2 rings (SSSR count). The minimum absolute atomic E-state index is 0.236. The van der Waals surface area contributed by atoms with Gasteiger partial charge in [0.05, 0.1) is 5.60 Å². The lowest BCUT2D eigenvalue weighted by Gasteiger charge is -2.34. The van der Waals surface area contributed by atoms with E-state index in [4.69, 9.17) is 14.2 Å². The monoisotopic (exact) mass is 258 g/mol. The van der Waals surface area contributed by atoms with Gasteiger partial charge in [-0.3, -0.25) is 0 Å². The van der Waals surface area contributed by atoms with Gasteiger partial charge in [0.2, 0.25) is 0 Å². The van der Waals surface area contributed by atoms with Crippen molar-refractivity contribution in [3.8, 4) is 0 Å². The summed E-state index contributed by atoms with van der Waals surface area (Å²) in [4.78, 5) is 0. The highest BCUT2D eigenvalue weighted by molar-refractivity contribution is 4.80. The van der Waals surface area contributed by atoms with Gasteiger partial charge in [-0.1, -0.05) is 19.3 Å². The van der Waals surface area contributed by atoms with Gasteiger partial charge >= 0.3 is 0 Å². The predicted octanol–water partition coefficient (Wildman–Crippen LogP) is 3.91. The largest absolute Gasteiger partial charge is 0.379 e. The Bertz CT molecular complexity index is 210. The fourth-order valence-electron chi connectivity index (χ4n) is 2.91. The zero-order valence-electron chi connectivity index (χ0n) is 12.6. The van der Waals surface area contributed by atoms with Crippen molar-refractivity contribution >= 4 is 0 Å². The first-order valence-electron chi connectivity index (χ1n) is 7.25. The Labute approximate surface area is 112 Å². The van der Waals surface area contributed by atoms with Crippen molar-refractivity contribution in [3.05, 3.63) is 0 Å². The molecule has 0 spiro atoms. The van der Waals surface area contributed by atoms with E-state index in [1.54, 1.807) is 14.2 Å². The minimum atomic E-state index is -0.238. The first kappa shape index (κ1) is 15.9. The lowest BCUT2D eigenvalue weighted by atomic mass is 9.94. The fourth-order valence-corrected chi connectivity index (χ4v) is 2.91. The second-order valence-electron chi connectivity index (χ2n) is 5.74. The van der Waals surface area contributed by atoms with Crippen LogP contribution in [0, 0.1) is 0 Å². The van der Waals surface area contributed by atoms with Crippen LogP contribution in [0.2, 0.25) is 0 Å². The smallest absolute Gasteiger partial charge is 0.167 e. The van der Waals surface area contributed by atoms with E-state index < -0.39 is 0 Å². The van der Waals surface area contributed by atoms with E-state index in [9.17, 15) is 0 Å². The van der Waals surface area contributed by atoms with Gasteiger partial charge in [-0.15, -0.1) is 0 Å². The van der Waals surface area contributed by atoms with Crippen LogP contribution in [0.4, 0.5) is 0 Å². The van der Waals surface area contributed by atoms with Crippen molar-refractivity contribution in [1.82, 2.24) is 0 Å². The van der Waals surface area contributed by atoms with Crippen molar-refractivity contribution < 1.29 is 14.2 Å². The Balaban J connectivity index is 0.000000184. The summed E-state index contributed by atoms with van der Waals surface area (Å²) in [5.41, 5.74) is 0.236. The van der Waals surface area contributed by atoms with E-state index in [0.29, 0.717) is 0 Å². The first-order chi connectivity index (χ1) is 8.60. The topological polar surface area (TPSA) is 27.7 Å². The molecular weight excluding hydrogens is 228 g/mol. The maximum atomic E-state index is 5.31. The molecule has 0 bridgehead atoms. The number of rotatable bonds is 3. The Hall–Kier alpha value is -0.120. The Morgan fingerprint density at radius 2 is 1.06 bits per heavy atom. The van der Waals surface area contributed by atoms with Crippen molar-refractivity contribution in [2.75, 3.05) is 21.3 Å². The molecule has 0 aliphatic heterocycles. The Kier molecular flexibility index (Phi) is 6.61. The molecule has 0 atom stereocenters. The maximum Gasteiger partial charge on any atom is 0.167 e. The molecule has 0 radical (unpaired) electrons. The molecule has 0 saturated heterocycles. The third-order valence-electron chi connectivity index (χ3n) is 4.51. The molecule has 0 amide bonds. The van der Waals surface area contributed by atoms with Crippen molar-refractivity contribution in [1.29, 1.82) is 0 Å². The van der Waals surface area contributed by atoms with E-state index in [-0.39, 0.29) is 11.4 Å². The van der Waals surface area contributed by atoms with E-state index in [1.807, 2.05) is 7.11 Å². The summed E-state index contributed by atoms with van der Waals surface area (Å²) in [6, 6.07) is 0. The average Bonchev–Trinajstić information content (AvgIpc) is 2.88. The standard InChI is InChI=1S/C8H16O2.C7H14O/c1-9-8(10-2)6-4-3-5-7-8;1-7(8-2)5-3-4-6-7/h3-7H2,1-2H3;3-6H2,1-2H3. The van der Waals surface area contributed by atoms with Crippen LogP contribution in [-0.2, 0) is 14.2 Å². The number of hydrogen-bond acceptors (Lipinski definition) is 3. The third-order valence-corrected chi connectivity index (χ3v) is 4.51. The van der Waals surface area contributed by atoms with Crippen molar-refractivity contribution in [2.45, 2.75) is 76.1 Å². The highest BCUT2D eigenvalue weighted by atomic mass is 16.7. The molecule has 18 heavy (non-hydrogen) atoms. The summed E-state index contributed by atoms with van der Waals surface area (Å²) in [6.45, 7) is 2.19. The summed E-state index contributed by atoms with van der Waals surface area (Å²) < 4.78 is 15.9. The Morgan fingerprint density at radius 1 is 0.611 bits per heavy atom. The molecule has 2 fully saturated rings. The van der Waals surface area contributed by atoms with Crippen molar-refractivity contribution in [2.24, 2.45) is 0 Å². The quantitative estimate of drug-likeness (QED) is 0.718. The van der Waals surface area contributed by atoms with Crippen LogP contribution in [0.3, 0.4) is 0 Å². The van der Waals surface area contributed by atoms with E-state index in [0.717, 1.165) is 12.8 Å². The van der Waals surface area contributed by atoms with Crippen LogP contribution < -0.4 is 0 Å². The Morgan fingerprint density at radius 3 is 1.33 bits per heavy atom. The van der Waals surface area contributed by atoms with Gasteiger partial charge in [-0.2, -0.15) is 0 Å². The number of hydrogen-bond donors (Lipinski definition) is 0. The zero-order valence-corrected chi connectivity index (χ0v) is 12.6. The molecule has 3 nitrogen and oxygen atoms in total. The van der Waals surface area contributed by atoms with Crippen LogP contribution in [0.15, 0.2) is 0 Å². The van der Waals surface area contributed by atoms with Crippen LogP contribution >= 0.6 is 0 Å². The van der Waals surface area contributed by atoms with E-state index in [1.165, 1.54) is 44.9 Å². The molecule has 2 saturated carbocycles. The molecular formula is C15H30O3. The summed E-state index contributed by atoms with van der Waals surface area (Å²) in [5, 5.41) is 0. The summed E-state index contributed by atoms with van der Waals surface area (Å²) in [6.07, 6.45) is 11.1. The van der Waals surface area contributed by atoms with Crippen LogP contribution in [0.5, 0.6) is 0 Å². The molecule has 108 valence electrons. The highest BCUT2D eigenvalue weighted by Gasteiger charge is 2.31. The maximum absolute atomic E-state index is 5.31. The summed E-state index contributed by atoms with van der Waals surface area (Å²) >= 11 is 0. The van der Waals surface area contributed by atoms with Crippen LogP contribution in [0.25, 0.3) is 0 Å². The molecule has 3 heteroatoms. The van der Waals surface area contributed by atoms with Gasteiger partial charge in [0, 0.05) is 34.2 Å². The summed E-state index contributed by atoms with van der Waals surface area (Å²) in [7, 11) is 5.27. The van der Waals surface area contributed by atoms with Gasteiger partial charge in [-0.25, -0.2) is 0 Å². The van der Waals surface area contributed by atoms with Crippen molar-refractivity contribution in [3.63, 3.8) is 0 Å². The third kappa shape index (κ3) is 4.52. The predicted molar refractivity (Wildman–Crippen MR) is 73.7 cm³/mol. The highest BCUT2D eigenvalue weighted by Crippen LogP contribution is 2.31. The van der Waals surface area contributed by atoms with Gasteiger partial charge in [-0.05, 0) is 32.6 Å². The van der Waals surface area contributed by atoms with Gasteiger partial charge in [0.1, 0.15) is 0 Å². The molecule has 0 aromatic heterocycles. The van der Waals surface area contributed by atoms with Gasteiger partial charge < -0.3 is 14.2 Å². The second kappa shape index (κ2) is 7.46. The summed E-state index contributed by atoms with van der Waals surface area (Å²) in [5.74, 6) is -0.238. The number of ether oxygens (including phenoxy) is 3. The number of methoxy groups -OCH3 is 3. The normalized spacial score (nSPS) is 25.3. The van der Waals surface area contributed by atoms with Crippen LogP contribution in [0.1, 0.15) is 64.7 Å². The molecule has 0 unspecified atom stereocenters. The lowest BCUT2D eigenvalue weighted by molar-refractivity contribution is -0.222. The zero-order chi connectivity index (χ0) is 13.5. The molecule has 2 aliphatic rings. The second-order valence-corrected chi connectivity index (χ2v) is 5.74. The molecule has 0 aromatic rings. The van der Waals surface area contributed by atoms with Crippen LogP contribution in [-0.4, -0.2) is 32.7 Å². The minimum Gasteiger partial charge on any atom is -0.379 e. The first-order valence-corrected chi connectivity index (χ1v) is 7.25. The molecule has 0 N–H and O–H groups in total. The van der Waals surface area contributed by atoms with E-state index >= 15 is 0 Å². The SMILES string of the molecule is COC1(C)CCCC1.COC1(OC)CCCCC1. The molecule has 0 heterocycles. The van der Waals surface area contributed by atoms with Gasteiger partial charge in [0.15, 0.2) is 5.79 Å². The molecule has 2 aliphatic carbocycles. The average molecular weight is 258 g/mol. The van der Waals surface area contributed by atoms with Gasteiger partial charge in [0.25, 0.3) is 0 Å².